The van der Waals surface area contributed by atoms with Crippen molar-refractivity contribution in [3.63, 3.8) is 0 Å². The summed E-state index contributed by atoms with van der Waals surface area (Å²) in [5.74, 6) is -0.604. The van der Waals surface area contributed by atoms with Crippen LogP contribution in [0.15, 0.2) is 0 Å². The van der Waals surface area contributed by atoms with Gasteiger partial charge in [0.25, 0.3) is 0 Å². The molecule has 0 saturated carbocycles. The topological polar surface area (TPSA) is 49.8 Å². The second-order valence-electron chi connectivity index (χ2n) is 6.85. The SMILES string of the molecule is CCCC1(C(=O)O)CCN(C2CCOC(C)(CC)C2)C1. The van der Waals surface area contributed by atoms with E-state index in [4.69, 9.17) is 4.74 Å². The monoisotopic (exact) mass is 283 g/mol. The Labute approximate surface area is 122 Å². The molecule has 2 heterocycles. The molecule has 0 amide bonds. The second-order valence-corrected chi connectivity index (χ2v) is 6.85. The molecule has 0 aromatic heterocycles. The van der Waals surface area contributed by atoms with Crippen molar-refractivity contribution in [1.82, 2.24) is 4.90 Å². The first-order chi connectivity index (χ1) is 9.45. The van der Waals surface area contributed by atoms with Crippen LogP contribution in [0, 0.1) is 5.41 Å². The number of hydrogen-bond donors (Lipinski definition) is 1. The number of likely N-dealkylation sites (tertiary alicyclic amines) is 1. The van der Waals surface area contributed by atoms with Gasteiger partial charge in [0.2, 0.25) is 0 Å². The fourth-order valence-electron chi connectivity index (χ4n) is 3.84. The molecule has 0 bridgehead atoms. The molecule has 20 heavy (non-hydrogen) atoms. The van der Waals surface area contributed by atoms with Gasteiger partial charge in [0.15, 0.2) is 0 Å². The lowest BCUT2D eigenvalue weighted by Gasteiger charge is -2.41. The summed E-state index contributed by atoms with van der Waals surface area (Å²) < 4.78 is 5.91. The lowest BCUT2D eigenvalue weighted by molar-refractivity contribution is -0.149. The Kier molecular flexibility index (Phi) is 4.75. The third-order valence-corrected chi connectivity index (χ3v) is 5.40. The Morgan fingerprint density at radius 2 is 2.20 bits per heavy atom. The van der Waals surface area contributed by atoms with Crippen molar-refractivity contribution in [1.29, 1.82) is 0 Å². The molecule has 2 saturated heterocycles. The number of ether oxygens (including phenoxy) is 1. The van der Waals surface area contributed by atoms with Gasteiger partial charge < -0.3 is 9.84 Å². The molecule has 3 atom stereocenters. The molecule has 0 aromatic carbocycles. The Morgan fingerprint density at radius 3 is 2.80 bits per heavy atom. The van der Waals surface area contributed by atoms with Crippen LogP contribution in [0.3, 0.4) is 0 Å². The highest BCUT2D eigenvalue weighted by atomic mass is 16.5. The second kappa shape index (κ2) is 6.02. The molecule has 3 unspecified atom stereocenters. The van der Waals surface area contributed by atoms with Gasteiger partial charge in [-0.05, 0) is 45.6 Å². The Morgan fingerprint density at radius 1 is 1.45 bits per heavy atom. The number of carboxylic acids is 1. The van der Waals surface area contributed by atoms with Crippen molar-refractivity contribution in [2.24, 2.45) is 5.41 Å². The maximum absolute atomic E-state index is 11.7. The van der Waals surface area contributed by atoms with Crippen LogP contribution in [-0.2, 0) is 9.53 Å². The van der Waals surface area contributed by atoms with Crippen LogP contribution in [0.5, 0.6) is 0 Å². The minimum atomic E-state index is -0.604. The molecule has 0 radical (unpaired) electrons. The summed E-state index contributed by atoms with van der Waals surface area (Å²) in [6, 6.07) is 0.492. The normalized spacial score (nSPS) is 39.0. The summed E-state index contributed by atoms with van der Waals surface area (Å²) in [6.07, 6.45) is 5.64. The molecular formula is C16H29NO3. The smallest absolute Gasteiger partial charge is 0.310 e. The summed E-state index contributed by atoms with van der Waals surface area (Å²) in [5, 5.41) is 9.61. The number of carbonyl (C=O) groups is 1. The van der Waals surface area contributed by atoms with Gasteiger partial charge in [-0.3, -0.25) is 9.69 Å². The van der Waals surface area contributed by atoms with Gasteiger partial charge in [-0.2, -0.15) is 0 Å². The highest BCUT2D eigenvalue weighted by Gasteiger charge is 2.47. The minimum Gasteiger partial charge on any atom is -0.481 e. The number of hydrogen-bond acceptors (Lipinski definition) is 3. The van der Waals surface area contributed by atoms with Gasteiger partial charge in [0.1, 0.15) is 0 Å². The average Bonchev–Trinajstić information content (AvgIpc) is 2.85. The van der Waals surface area contributed by atoms with E-state index < -0.39 is 11.4 Å². The Hall–Kier alpha value is -0.610. The molecule has 4 heteroatoms. The first-order valence-corrected chi connectivity index (χ1v) is 8.06. The average molecular weight is 283 g/mol. The predicted octanol–water partition coefficient (Wildman–Crippen LogP) is 2.91. The van der Waals surface area contributed by atoms with Crippen LogP contribution in [0.25, 0.3) is 0 Å². The van der Waals surface area contributed by atoms with Gasteiger partial charge in [-0.15, -0.1) is 0 Å². The van der Waals surface area contributed by atoms with E-state index in [2.05, 4.69) is 25.7 Å². The minimum absolute atomic E-state index is 0.0256. The molecule has 2 aliphatic heterocycles. The van der Waals surface area contributed by atoms with Gasteiger partial charge in [0, 0.05) is 19.2 Å². The molecule has 2 rings (SSSR count). The summed E-state index contributed by atoms with van der Waals surface area (Å²) >= 11 is 0. The van der Waals surface area contributed by atoms with Crippen molar-refractivity contribution in [2.45, 2.75) is 70.9 Å². The molecule has 116 valence electrons. The summed E-state index contributed by atoms with van der Waals surface area (Å²) in [5.41, 5.74) is -0.530. The maximum Gasteiger partial charge on any atom is 0.310 e. The van der Waals surface area contributed by atoms with Crippen molar-refractivity contribution in [3.05, 3.63) is 0 Å². The standard InChI is InChI=1S/C16H29NO3/c1-4-7-16(14(18)19)8-9-17(12-16)13-6-10-20-15(3,5-2)11-13/h13H,4-12H2,1-3H3,(H,18,19). The number of rotatable bonds is 5. The maximum atomic E-state index is 11.7. The first kappa shape index (κ1) is 15.8. The molecular weight excluding hydrogens is 254 g/mol. The van der Waals surface area contributed by atoms with Crippen LogP contribution < -0.4 is 0 Å². The van der Waals surface area contributed by atoms with E-state index in [1.807, 2.05) is 0 Å². The van der Waals surface area contributed by atoms with Crippen LogP contribution >= 0.6 is 0 Å². The zero-order chi connectivity index (χ0) is 14.8. The number of carboxylic acid groups (broad SMARTS) is 1. The van der Waals surface area contributed by atoms with E-state index in [1.54, 1.807) is 0 Å². The lowest BCUT2D eigenvalue weighted by atomic mass is 9.82. The molecule has 0 aliphatic carbocycles. The molecule has 4 nitrogen and oxygen atoms in total. The quantitative estimate of drug-likeness (QED) is 0.843. The van der Waals surface area contributed by atoms with Crippen LogP contribution in [-0.4, -0.2) is 47.3 Å². The fraction of sp³-hybridized carbons (Fsp3) is 0.938. The number of nitrogens with zero attached hydrogens (tertiary/aromatic N) is 1. The highest BCUT2D eigenvalue weighted by molar-refractivity contribution is 5.75. The molecule has 1 N–H and O–H groups in total. The Bertz CT molecular complexity index is 360. The molecule has 0 spiro atoms. The van der Waals surface area contributed by atoms with E-state index in [0.717, 1.165) is 58.2 Å². The van der Waals surface area contributed by atoms with Crippen LogP contribution in [0.1, 0.15) is 59.3 Å². The van der Waals surface area contributed by atoms with Crippen LogP contribution in [0.2, 0.25) is 0 Å². The van der Waals surface area contributed by atoms with E-state index in [-0.39, 0.29) is 5.60 Å². The fourth-order valence-corrected chi connectivity index (χ4v) is 3.84. The van der Waals surface area contributed by atoms with E-state index in [9.17, 15) is 9.90 Å². The largest absolute Gasteiger partial charge is 0.481 e. The zero-order valence-electron chi connectivity index (χ0n) is 13.2. The predicted molar refractivity (Wildman–Crippen MR) is 78.8 cm³/mol. The lowest BCUT2D eigenvalue weighted by Crippen LogP contribution is -2.47. The van der Waals surface area contributed by atoms with E-state index >= 15 is 0 Å². The zero-order valence-corrected chi connectivity index (χ0v) is 13.2. The Balaban J connectivity index is 2.03. The van der Waals surface area contributed by atoms with Gasteiger partial charge >= 0.3 is 5.97 Å². The van der Waals surface area contributed by atoms with Gasteiger partial charge in [-0.1, -0.05) is 20.3 Å². The highest BCUT2D eigenvalue weighted by Crippen LogP contribution is 2.39. The molecule has 2 aliphatic rings. The van der Waals surface area contributed by atoms with Crippen LogP contribution in [0.4, 0.5) is 0 Å². The molecule has 2 fully saturated rings. The van der Waals surface area contributed by atoms with Crippen molar-refractivity contribution >= 4 is 5.97 Å². The van der Waals surface area contributed by atoms with Gasteiger partial charge in [0.05, 0.1) is 11.0 Å². The van der Waals surface area contributed by atoms with Gasteiger partial charge in [-0.25, -0.2) is 0 Å². The van der Waals surface area contributed by atoms with E-state index in [1.165, 1.54) is 0 Å². The summed E-state index contributed by atoms with van der Waals surface area (Å²) in [4.78, 5) is 14.1. The van der Waals surface area contributed by atoms with Crippen molar-refractivity contribution in [3.8, 4) is 0 Å². The molecule has 0 aromatic rings. The first-order valence-electron chi connectivity index (χ1n) is 8.06. The summed E-state index contributed by atoms with van der Waals surface area (Å²) in [7, 11) is 0. The summed E-state index contributed by atoms with van der Waals surface area (Å²) in [6.45, 7) is 8.89. The van der Waals surface area contributed by atoms with E-state index in [0.29, 0.717) is 6.04 Å². The van der Waals surface area contributed by atoms with Crippen molar-refractivity contribution < 1.29 is 14.6 Å². The third kappa shape index (κ3) is 3.01. The number of aliphatic carboxylic acids is 1. The van der Waals surface area contributed by atoms with Crippen molar-refractivity contribution in [2.75, 3.05) is 19.7 Å². The third-order valence-electron chi connectivity index (χ3n) is 5.40.